The number of benzene rings is 1. The maximum Gasteiger partial charge on any atom is 0.315 e. The highest BCUT2D eigenvalue weighted by Gasteiger charge is 2.27. The number of carbonyl (C=O) groups excluding carboxylic acids is 2. The number of rotatable bonds is 5. The molecule has 0 bridgehead atoms. The van der Waals surface area contributed by atoms with E-state index in [9.17, 15) is 14.0 Å². The third-order valence-corrected chi connectivity index (χ3v) is 5.82. The summed E-state index contributed by atoms with van der Waals surface area (Å²) in [7, 11) is 0. The fourth-order valence-electron chi connectivity index (χ4n) is 4.07. The molecule has 1 saturated carbocycles. The van der Waals surface area contributed by atoms with Crippen LogP contribution in [0.1, 0.15) is 51.9 Å². The van der Waals surface area contributed by atoms with Gasteiger partial charge in [-0.05, 0) is 50.8 Å². The zero-order valence-corrected chi connectivity index (χ0v) is 16.5. The number of amides is 3. The lowest BCUT2D eigenvalue weighted by molar-refractivity contribution is -0.121. The molecule has 0 spiro atoms. The number of piperidine rings is 1. The van der Waals surface area contributed by atoms with Gasteiger partial charge in [-0.1, -0.05) is 25.3 Å². The Balaban J connectivity index is 1.40. The van der Waals surface area contributed by atoms with E-state index < -0.39 is 0 Å². The molecule has 1 saturated heterocycles. The Hall–Kier alpha value is -2.15. The molecule has 1 aromatic carbocycles. The van der Waals surface area contributed by atoms with Crippen LogP contribution in [0.2, 0.25) is 0 Å². The average molecular weight is 391 g/mol. The van der Waals surface area contributed by atoms with Crippen LogP contribution in [0.25, 0.3) is 0 Å². The molecule has 2 fully saturated rings. The summed E-state index contributed by atoms with van der Waals surface area (Å²) in [6, 6.07) is 5.98. The lowest BCUT2D eigenvalue weighted by atomic mass is 9.96. The van der Waals surface area contributed by atoms with Crippen LogP contribution in [-0.4, -0.2) is 48.1 Å². The molecule has 1 unspecified atom stereocenters. The van der Waals surface area contributed by atoms with Crippen molar-refractivity contribution in [2.24, 2.45) is 0 Å². The van der Waals surface area contributed by atoms with Crippen molar-refractivity contribution in [3.8, 4) is 0 Å². The number of nitrogens with zero attached hydrogens (tertiary/aromatic N) is 1. The molecule has 0 aromatic heterocycles. The maximum absolute atomic E-state index is 13.3. The molecule has 1 aromatic rings. The normalized spacial score (nSPS) is 20.4. The van der Waals surface area contributed by atoms with E-state index in [0.29, 0.717) is 11.7 Å². The average Bonchev–Trinajstić information content (AvgIpc) is 2.68. The molecular formula is C21H31FN4O2. The van der Waals surface area contributed by atoms with Crippen molar-refractivity contribution in [1.29, 1.82) is 0 Å². The molecular weight excluding hydrogens is 359 g/mol. The van der Waals surface area contributed by atoms with Gasteiger partial charge < -0.3 is 16.0 Å². The molecule has 1 aliphatic heterocycles. The van der Waals surface area contributed by atoms with Crippen molar-refractivity contribution in [2.75, 3.05) is 18.4 Å². The van der Waals surface area contributed by atoms with Crippen LogP contribution in [0.4, 0.5) is 14.9 Å². The minimum absolute atomic E-state index is 0.0674. The standard InChI is InChI=1S/C21H31FN4O2/c1-15(20(27)23-19-9-5-6-16(22)14-19)26-12-10-18(11-13-26)25-21(28)24-17-7-3-2-4-8-17/h5-6,9,14-15,17-18H,2-4,7-8,10-13H2,1H3,(H,23,27)(H2,24,25,28). The van der Waals surface area contributed by atoms with Crippen LogP contribution in [-0.2, 0) is 4.79 Å². The van der Waals surface area contributed by atoms with Crippen LogP contribution >= 0.6 is 0 Å². The molecule has 0 radical (unpaired) electrons. The Morgan fingerprint density at radius 2 is 1.68 bits per heavy atom. The Morgan fingerprint density at radius 1 is 1.04 bits per heavy atom. The largest absolute Gasteiger partial charge is 0.335 e. The van der Waals surface area contributed by atoms with Gasteiger partial charge in [-0.15, -0.1) is 0 Å². The number of anilines is 1. The molecule has 1 heterocycles. The van der Waals surface area contributed by atoms with E-state index in [4.69, 9.17) is 0 Å². The predicted octanol–water partition coefficient (Wildman–Crippen LogP) is 3.25. The molecule has 154 valence electrons. The highest BCUT2D eigenvalue weighted by molar-refractivity contribution is 5.94. The third kappa shape index (κ3) is 5.92. The van der Waals surface area contributed by atoms with Crippen molar-refractivity contribution < 1.29 is 14.0 Å². The van der Waals surface area contributed by atoms with Gasteiger partial charge in [0.15, 0.2) is 0 Å². The third-order valence-electron chi connectivity index (χ3n) is 5.82. The number of likely N-dealkylation sites (tertiary alicyclic amines) is 1. The van der Waals surface area contributed by atoms with Crippen molar-refractivity contribution in [1.82, 2.24) is 15.5 Å². The zero-order chi connectivity index (χ0) is 19.9. The molecule has 3 rings (SSSR count). The number of halogens is 1. The van der Waals surface area contributed by atoms with E-state index in [1.807, 2.05) is 6.92 Å². The number of hydrogen-bond acceptors (Lipinski definition) is 3. The molecule has 2 aliphatic rings. The van der Waals surface area contributed by atoms with Crippen LogP contribution in [0.15, 0.2) is 24.3 Å². The van der Waals surface area contributed by atoms with E-state index in [1.165, 1.54) is 31.4 Å². The van der Waals surface area contributed by atoms with Gasteiger partial charge in [0, 0.05) is 30.9 Å². The van der Waals surface area contributed by atoms with Gasteiger partial charge in [0.25, 0.3) is 0 Å². The van der Waals surface area contributed by atoms with E-state index >= 15 is 0 Å². The quantitative estimate of drug-likeness (QED) is 0.723. The first-order chi connectivity index (χ1) is 13.5. The topological polar surface area (TPSA) is 73.5 Å². The maximum atomic E-state index is 13.3. The Labute approximate surface area is 166 Å². The summed E-state index contributed by atoms with van der Waals surface area (Å²) in [5.41, 5.74) is 0.466. The van der Waals surface area contributed by atoms with Gasteiger partial charge in [0.2, 0.25) is 5.91 Å². The Kier molecular flexibility index (Phi) is 7.25. The van der Waals surface area contributed by atoms with Gasteiger partial charge in [0.1, 0.15) is 5.82 Å². The van der Waals surface area contributed by atoms with Gasteiger partial charge in [-0.25, -0.2) is 9.18 Å². The Bertz CT molecular complexity index is 670. The molecule has 28 heavy (non-hydrogen) atoms. The number of urea groups is 1. The second kappa shape index (κ2) is 9.87. The summed E-state index contributed by atoms with van der Waals surface area (Å²) in [6.07, 6.45) is 7.43. The van der Waals surface area contributed by atoms with Gasteiger partial charge in [-0.2, -0.15) is 0 Å². The van der Waals surface area contributed by atoms with Gasteiger partial charge in [-0.3, -0.25) is 9.69 Å². The van der Waals surface area contributed by atoms with Crippen molar-refractivity contribution in [2.45, 2.75) is 70.0 Å². The van der Waals surface area contributed by atoms with E-state index in [2.05, 4.69) is 20.9 Å². The van der Waals surface area contributed by atoms with Crippen molar-refractivity contribution in [3.05, 3.63) is 30.1 Å². The molecule has 3 amide bonds. The van der Waals surface area contributed by atoms with E-state index in [-0.39, 0.29) is 29.8 Å². The molecule has 6 nitrogen and oxygen atoms in total. The van der Waals surface area contributed by atoms with Crippen LogP contribution in [0.3, 0.4) is 0 Å². The summed E-state index contributed by atoms with van der Waals surface area (Å²) in [6.45, 7) is 3.34. The zero-order valence-electron chi connectivity index (χ0n) is 16.5. The molecule has 7 heteroatoms. The van der Waals surface area contributed by atoms with Crippen LogP contribution in [0, 0.1) is 5.82 Å². The molecule has 3 N–H and O–H groups in total. The predicted molar refractivity (Wildman–Crippen MR) is 108 cm³/mol. The Morgan fingerprint density at radius 3 is 2.32 bits per heavy atom. The smallest absolute Gasteiger partial charge is 0.315 e. The van der Waals surface area contributed by atoms with Crippen molar-refractivity contribution in [3.63, 3.8) is 0 Å². The summed E-state index contributed by atoms with van der Waals surface area (Å²) < 4.78 is 13.3. The first-order valence-electron chi connectivity index (χ1n) is 10.4. The second-order valence-electron chi connectivity index (χ2n) is 7.94. The first kappa shape index (κ1) is 20.6. The minimum Gasteiger partial charge on any atom is -0.335 e. The fourth-order valence-corrected chi connectivity index (χ4v) is 4.07. The molecule has 1 aliphatic carbocycles. The SMILES string of the molecule is CC(C(=O)Nc1cccc(F)c1)N1CCC(NC(=O)NC2CCCCC2)CC1. The van der Waals surface area contributed by atoms with Crippen LogP contribution in [0.5, 0.6) is 0 Å². The fraction of sp³-hybridized carbons (Fsp3) is 0.619. The number of hydrogen-bond donors (Lipinski definition) is 3. The number of carbonyl (C=O) groups is 2. The minimum atomic E-state index is -0.371. The summed E-state index contributed by atoms with van der Waals surface area (Å²) in [4.78, 5) is 26.8. The van der Waals surface area contributed by atoms with Crippen LogP contribution < -0.4 is 16.0 Å². The van der Waals surface area contributed by atoms with Gasteiger partial charge >= 0.3 is 6.03 Å². The van der Waals surface area contributed by atoms with E-state index in [1.54, 1.807) is 12.1 Å². The lowest BCUT2D eigenvalue weighted by Crippen LogP contribution is -2.53. The highest BCUT2D eigenvalue weighted by atomic mass is 19.1. The summed E-state index contributed by atoms with van der Waals surface area (Å²) in [5.74, 6) is -0.518. The summed E-state index contributed by atoms with van der Waals surface area (Å²) >= 11 is 0. The second-order valence-corrected chi connectivity index (χ2v) is 7.94. The molecule has 1 atom stereocenters. The summed E-state index contributed by atoms with van der Waals surface area (Å²) in [5, 5.41) is 8.94. The monoisotopic (exact) mass is 390 g/mol. The van der Waals surface area contributed by atoms with E-state index in [0.717, 1.165) is 38.8 Å². The van der Waals surface area contributed by atoms with Gasteiger partial charge in [0.05, 0.1) is 6.04 Å². The number of nitrogens with one attached hydrogen (secondary N) is 3. The first-order valence-corrected chi connectivity index (χ1v) is 10.4. The lowest BCUT2D eigenvalue weighted by Gasteiger charge is -2.35. The van der Waals surface area contributed by atoms with Crippen molar-refractivity contribution >= 4 is 17.6 Å². The highest BCUT2D eigenvalue weighted by Crippen LogP contribution is 2.18.